The number of hydrogen-bond acceptors (Lipinski definition) is 5. The minimum atomic E-state index is 0.216. The number of hydrogen-bond donors (Lipinski definition) is 1. The molecule has 0 bridgehead atoms. The van der Waals surface area contributed by atoms with E-state index in [0.29, 0.717) is 29.6 Å². The molecule has 2 aromatic heterocycles. The van der Waals surface area contributed by atoms with Crippen molar-refractivity contribution in [3.05, 3.63) is 54.2 Å². The van der Waals surface area contributed by atoms with Gasteiger partial charge in [-0.1, -0.05) is 30.3 Å². The number of rotatable bonds is 4. The van der Waals surface area contributed by atoms with E-state index in [2.05, 4.69) is 22.2 Å². The lowest BCUT2D eigenvalue weighted by molar-refractivity contribution is 0.174. The summed E-state index contributed by atoms with van der Waals surface area (Å²) in [6.45, 7) is 0.876. The monoisotopic (exact) mass is 348 g/mol. The molecule has 0 fully saturated rings. The molecule has 130 valence electrons. The van der Waals surface area contributed by atoms with Crippen LogP contribution in [0.4, 0.5) is 0 Å². The summed E-state index contributed by atoms with van der Waals surface area (Å²) in [7, 11) is 1.63. The van der Waals surface area contributed by atoms with Crippen molar-refractivity contribution in [3.63, 3.8) is 0 Å². The molecule has 1 N–H and O–H groups in total. The summed E-state index contributed by atoms with van der Waals surface area (Å²) in [6, 6.07) is 13.9. The number of methoxy groups -OCH3 is 1. The Morgan fingerprint density at radius 2 is 1.96 bits per heavy atom. The van der Waals surface area contributed by atoms with Crippen LogP contribution in [0.2, 0.25) is 0 Å². The molecule has 5 rings (SSSR count). The lowest BCUT2D eigenvalue weighted by atomic mass is 10.1. The van der Waals surface area contributed by atoms with Gasteiger partial charge in [0, 0.05) is 6.07 Å². The second-order valence-electron chi connectivity index (χ2n) is 6.02. The minimum absolute atomic E-state index is 0.216. The Morgan fingerprint density at radius 1 is 1.15 bits per heavy atom. The highest BCUT2D eigenvalue weighted by Gasteiger charge is 2.21. The summed E-state index contributed by atoms with van der Waals surface area (Å²) in [4.78, 5) is 8.05. The van der Waals surface area contributed by atoms with E-state index in [1.54, 1.807) is 13.3 Å². The molecule has 0 saturated heterocycles. The summed E-state index contributed by atoms with van der Waals surface area (Å²) in [5, 5.41) is 4.43. The molecule has 4 aromatic rings. The number of aromatic nitrogens is 4. The average molecular weight is 348 g/mol. The van der Waals surface area contributed by atoms with Crippen molar-refractivity contribution in [3.8, 4) is 28.6 Å². The normalized spacial score (nSPS) is 12.7. The Bertz CT molecular complexity index is 1090. The van der Waals surface area contributed by atoms with Crippen molar-refractivity contribution in [2.75, 3.05) is 13.9 Å². The second-order valence-corrected chi connectivity index (χ2v) is 6.02. The van der Waals surface area contributed by atoms with Crippen molar-refractivity contribution in [2.24, 2.45) is 0 Å². The van der Waals surface area contributed by atoms with E-state index in [-0.39, 0.29) is 6.79 Å². The number of nitrogens with zero attached hydrogens (tertiary/aromatic N) is 3. The van der Waals surface area contributed by atoms with E-state index in [0.717, 1.165) is 16.7 Å². The maximum atomic E-state index is 5.51. The van der Waals surface area contributed by atoms with Gasteiger partial charge in [0.1, 0.15) is 17.1 Å². The molecule has 0 saturated carbocycles. The third kappa shape index (κ3) is 2.36. The van der Waals surface area contributed by atoms with Crippen molar-refractivity contribution >= 4 is 11.2 Å². The SMILES string of the molecule is COc1cc2c(cc1-c1nc3c(cnn3Cc3ccccc3)[nH]1)OCO2. The molecule has 1 aliphatic rings. The van der Waals surface area contributed by atoms with E-state index in [4.69, 9.17) is 19.2 Å². The minimum Gasteiger partial charge on any atom is -0.496 e. The molecule has 0 spiro atoms. The van der Waals surface area contributed by atoms with Crippen molar-refractivity contribution in [1.82, 2.24) is 19.7 Å². The van der Waals surface area contributed by atoms with Crippen LogP contribution in [0.1, 0.15) is 5.56 Å². The van der Waals surface area contributed by atoms with E-state index in [9.17, 15) is 0 Å². The molecule has 7 nitrogen and oxygen atoms in total. The molecule has 0 radical (unpaired) electrons. The fraction of sp³-hybridized carbons (Fsp3) is 0.158. The standard InChI is InChI=1S/C19H16N4O3/c1-24-15-8-17-16(25-11-26-17)7-13(15)18-21-14-9-20-23(19(14)22-18)10-12-5-3-2-4-6-12/h2-9H,10-11H2,1H3,(H,21,22). The topological polar surface area (TPSA) is 74.2 Å². The Hall–Kier alpha value is -3.48. The molecule has 3 heterocycles. The number of ether oxygens (including phenoxy) is 3. The molecule has 0 amide bonds. The second kappa shape index (κ2) is 5.80. The third-order valence-corrected chi connectivity index (χ3v) is 4.41. The van der Waals surface area contributed by atoms with Gasteiger partial charge < -0.3 is 19.2 Å². The van der Waals surface area contributed by atoms with Gasteiger partial charge in [0.25, 0.3) is 0 Å². The highest BCUT2D eigenvalue weighted by Crippen LogP contribution is 2.42. The van der Waals surface area contributed by atoms with Crippen LogP contribution in [-0.2, 0) is 6.54 Å². The quantitative estimate of drug-likeness (QED) is 0.613. The van der Waals surface area contributed by atoms with Gasteiger partial charge in [0.05, 0.1) is 25.4 Å². The van der Waals surface area contributed by atoms with Gasteiger partial charge in [-0.05, 0) is 11.6 Å². The predicted molar refractivity (Wildman–Crippen MR) is 95.5 cm³/mol. The van der Waals surface area contributed by atoms with Crippen molar-refractivity contribution in [1.29, 1.82) is 0 Å². The fourth-order valence-electron chi connectivity index (χ4n) is 3.12. The molecule has 7 heteroatoms. The first-order valence-electron chi connectivity index (χ1n) is 8.25. The number of H-pyrrole nitrogens is 1. The number of nitrogens with one attached hydrogen (secondary N) is 1. The lowest BCUT2D eigenvalue weighted by Crippen LogP contribution is -2.01. The molecule has 0 unspecified atom stereocenters. The predicted octanol–water partition coefficient (Wildman–Crippen LogP) is 3.21. The molecular weight excluding hydrogens is 332 g/mol. The zero-order valence-corrected chi connectivity index (χ0v) is 14.1. The largest absolute Gasteiger partial charge is 0.496 e. The van der Waals surface area contributed by atoms with Crippen LogP contribution in [0.25, 0.3) is 22.6 Å². The zero-order valence-electron chi connectivity index (χ0n) is 14.1. The highest BCUT2D eigenvalue weighted by molar-refractivity contribution is 5.79. The molecule has 26 heavy (non-hydrogen) atoms. The van der Waals surface area contributed by atoms with Gasteiger partial charge in [-0.2, -0.15) is 5.10 Å². The van der Waals surface area contributed by atoms with Crippen molar-refractivity contribution in [2.45, 2.75) is 6.54 Å². The number of benzene rings is 2. The highest BCUT2D eigenvalue weighted by atomic mass is 16.7. The Balaban J connectivity index is 1.57. The van der Waals surface area contributed by atoms with Crippen LogP contribution in [0.15, 0.2) is 48.7 Å². The van der Waals surface area contributed by atoms with Crippen LogP contribution in [-0.4, -0.2) is 33.7 Å². The number of fused-ring (bicyclic) bond motifs is 2. The first kappa shape index (κ1) is 14.8. The summed E-state index contributed by atoms with van der Waals surface area (Å²) >= 11 is 0. The van der Waals surface area contributed by atoms with Crippen molar-refractivity contribution < 1.29 is 14.2 Å². The fourth-order valence-corrected chi connectivity index (χ4v) is 3.12. The molecule has 1 aliphatic heterocycles. The van der Waals surface area contributed by atoms with E-state index >= 15 is 0 Å². The summed E-state index contributed by atoms with van der Waals surface area (Å²) in [5.74, 6) is 2.74. The Kier molecular flexibility index (Phi) is 3.31. The van der Waals surface area contributed by atoms with Gasteiger partial charge in [0.2, 0.25) is 6.79 Å². The van der Waals surface area contributed by atoms with Gasteiger partial charge in [0.15, 0.2) is 17.1 Å². The van der Waals surface area contributed by atoms with E-state index < -0.39 is 0 Å². The first-order valence-corrected chi connectivity index (χ1v) is 8.25. The summed E-state index contributed by atoms with van der Waals surface area (Å²) in [6.07, 6.45) is 1.79. The van der Waals surface area contributed by atoms with Gasteiger partial charge in [-0.25, -0.2) is 9.67 Å². The zero-order chi connectivity index (χ0) is 17.5. The van der Waals surface area contributed by atoms with Crippen LogP contribution in [0.3, 0.4) is 0 Å². The third-order valence-electron chi connectivity index (χ3n) is 4.41. The van der Waals surface area contributed by atoms with Crippen LogP contribution in [0.5, 0.6) is 17.2 Å². The average Bonchev–Trinajstić information content (AvgIpc) is 3.38. The molecular formula is C19H16N4O3. The van der Waals surface area contributed by atoms with E-state index in [1.165, 1.54) is 5.56 Å². The number of aromatic amines is 1. The Labute approximate surface area is 149 Å². The van der Waals surface area contributed by atoms with Crippen LogP contribution in [0, 0.1) is 0 Å². The lowest BCUT2D eigenvalue weighted by Gasteiger charge is -2.07. The first-order chi connectivity index (χ1) is 12.8. The van der Waals surface area contributed by atoms with Crippen LogP contribution < -0.4 is 14.2 Å². The van der Waals surface area contributed by atoms with Gasteiger partial charge >= 0.3 is 0 Å². The van der Waals surface area contributed by atoms with Gasteiger partial charge in [-0.3, -0.25) is 0 Å². The smallest absolute Gasteiger partial charge is 0.231 e. The number of imidazole rings is 1. The van der Waals surface area contributed by atoms with Crippen LogP contribution >= 0.6 is 0 Å². The molecule has 0 atom stereocenters. The molecule has 0 aliphatic carbocycles. The van der Waals surface area contributed by atoms with E-state index in [1.807, 2.05) is 35.0 Å². The molecule has 2 aromatic carbocycles. The maximum Gasteiger partial charge on any atom is 0.231 e. The summed E-state index contributed by atoms with van der Waals surface area (Å²) < 4.78 is 18.3. The Morgan fingerprint density at radius 3 is 2.77 bits per heavy atom. The maximum absolute atomic E-state index is 5.51. The van der Waals surface area contributed by atoms with Gasteiger partial charge in [-0.15, -0.1) is 0 Å². The summed E-state index contributed by atoms with van der Waals surface area (Å²) in [5.41, 5.74) is 3.65.